The number of unbranched alkanes of at least 4 members (excludes halogenated alkanes) is 1. The molecule has 0 aliphatic heterocycles. The Bertz CT molecular complexity index is 637. The van der Waals surface area contributed by atoms with E-state index in [-0.39, 0.29) is 12.6 Å². The van der Waals surface area contributed by atoms with Crippen LogP contribution in [0.4, 0.5) is 0 Å². The lowest BCUT2D eigenvalue weighted by atomic mass is 10.00. The third kappa shape index (κ3) is 5.39. The first-order valence-corrected chi connectivity index (χ1v) is 8.23. The summed E-state index contributed by atoms with van der Waals surface area (Å²) < 4.78 is 10.6. The zero-order valence-electron chi connectivity index (χ0n) is 14.0. The minimum absolute atomic E-state index is 0.182. The van der Waals surface area contributed by atoms with Gasteiger partial charge in [0.2, 0.25) is 0 Å². The van der Waals surface area contributed by atoms with Crippen molar-refractivity contribution < 1.29 is 19.4 Å². The largest absolute Gasteiger partial charge is 0.493 e. The maximum atomic E-state index is 11.3. The van der Waals surface area contributed by atoms with Crippen LogP contribution in [0, 0.1) is 0 Å². The maximum absolute atomic E-state index is 11.3. The van der Waals surface area contributed by atoms with Gasteiger partial charge in [-0.2, -0.15) is 0 Å². The number of carbonyl (C=O) groups is 1. The van der Waals surface area contributed by atoms with Gasteiger partial charge in [0.15, 0.2) is 0 Å². The van der Waals surface area contributed by atoms with Gasteiger partial charge in [0.05, 0.1) is 13.7 Å². The second-order valence-electron chi connectivity index (χ2n) is 5.55. The summed E-state index contributed by atoms with van der Waals surface area (Å²) in [6, 6.07) is 16.1. The molecule has 4 nitrogen and oxygen atoms in total. The third-order valence-electron chi connectivity index (χ3n) is 3.78. The summed E-state index contributed by atoms with van der Waals surface area (Å²) in [6.45, 7) is 0.753. The first kappa shape index (κ1) is 18.0. The van der Waals surface area contributed by atoms with Crippen LogP contribution in [-0.4, -0.2) is 31.4 Å². The first-order valence-electron chi connectivity index (χ1n) is 8.23. The van der Waals surface area contributed by atoms with Crippen LogP contribution in [0.15, 0.2) is 48.5 Å². The number of hydrogen-bond acceptors (Lipinski definition) is 4. The molecule has 0 amide bonds. The van der Waals surface area contributed by atoms with Crippen LogP contribution in [0.5, 0.6) is 5.75 Å². The molecule has 0 saturated carbocycles. The molecular formula is C20H24O4. The van der Waals surface area contributed by atoms with Crippen molar-refractivity contribution in [1.29, 1.82) is 0 Å². The molecule has 0 aliphatic carbocycles. The lowest BCUT2D eigenvalue weighted by Crippen LogP contribution is -2.03. The van der Waals surface area contributed by atoms with E-state index in [1.807, 2.05) is 42.5 Å². The van der Waals surface area contributed by atoms with E-state index in [2.05, 4.69) is 6.07 Å². The van der Waals surface area contributed by atoms with Crippen molar-refractivity contribution in [1.82, 2.24) is 0 Å². The molecule has 0 saturated heterocycles. The van der Waals surface area contributed by atoms with Gasteiger partial charge in [-0.1, -0.05) is 36.4 Å². The van der Waals surface area contributed by atoms with E-state index in [4.69, 9.17) is 14.6 Å². The van der Waals surface area contributed by atoms with Crippen molar-refractivity contribution in [2.75, 3.05) is 20.3 Å². The fourth-order valence-electron chi connectivity index (χ4n) is 2.45. The fourth-order valence-corrected chi connectivity index (χ4v) is 2.45. The van der Waals surface area contributed by atoms with Crippen LogP contribution < -0.4 is 4.74 Å². The van der Waals surface area contributed by atoms with Crippen molar-refractivity contribution >= 4 is 5.97 Å². The first-order chi connectivity index (χ1) is 11.7. The van der Waals surface area contributed by atoms with Gasteiger partial charge in [-0.15, -0.1) is 0 Å². The number of aliphatic hydroxyl groups excluding tert-OH is 1. The Kier molecular flexibility index (Phi) is 7.30. The predicted molar refractivity (Wildman–Crippen MR) is 94.0 cm³/mol. The third-order valence-corrected chi connectivity index (χ3v) is 3.78. The molecule has 0 spiro atoms. The van der Waals surface area contributed by atoms with E-state index in [1.54, 1.807) is 0 Å². The summed E-state index contributed by atoms with van der Waals surface area (Å²) in [7, 11) is 1.40. The molecule has 0 unspecified atom stereocenters. The standard InChI is InChI=1S/C20H24O4/c1-23-20(22)12-10-16-9-11-19(24-14-6-5-13-21)18(15-16)17-7-3-2-4-8-17/h2-4,7-9,11,15,21H,5-6,10,12-14H2,1H3. The fraction of sp³-hybridized carbons (Fsp3) is 0.350. The van der Waals surface area contributed by atoms with Gasteiger partial charge in [0.1, 0.15) is 5.75 Å². The molecule has 24 heavy (non-hydrogen) atoms. The van der Waals surface area contributed by atoms with Gasteiger partial charge in [-0.25, -0.2) is 0 Å². The summed E-state index contributed by atoms with van der Waals surface area (Å²) in [6.07, 6.45) is 2.55. The minimum atomic E-state index is -0.208. The number of methoxy groups -OCH3 is 1. The molecule has 0 bridgehead atoms. The smallest absolute Gasteiger partial charge is 0.305 e. The highest BCUT2D eigenvalue weighted by atomic mass is 16.5. The normalized spacial score (nSPS) is 10.4. The Morgan fingerprint density at radius 1 is 1.08 bits per heavy atom. The SMILES string of the molecule is COC(=O)CCc1ccc(OCCCCO)c(-c2ccccc2)c1. The van der Waals surface area contributed by atoms with Crippen molar-refractivity contribution in [2.45, 2.75) is 25.7 Å². The van der Waals surface area contributed by atoms with E-state index >= 15 is 0 Å². The highest BCUT2D eigenvalue weighted by Gasteiger charge is 2.09. The average Bonchev–Trinajstić information content (AvgIpc) is 2.64. The number of benzene rings is 2. The number of carbonyl (C=O) groups excluding carboxylic acids is 1. The Morgan fingerprint density at radius 3 is 2.58 bits per heavy atom. The number of esters is 1. The van der Waals surface area contributed by atoms with Crippen molar-refractivity contribution in [2.24, 2.45) is 0 Å². The lowest BCUT2D eigenvalue weighted by Gasteiger charge is -2.13. The van der Waals surface area contributed by atoms with Crippen LogP contribution in [0.1, 0.15) is 24.8 Å². The van der Waals surface area contributed by atoms with Gasteiger partial charge in [0, 0.05) is 18.6 Å². The van der Waals surface area contributed by atoms with E-state index in [0.717, 1.165) is 35.3 Å². The number of rotatable bonds is 9. The summed E-state index contributed by atoms with van der Waals surface area (Å²) in [5, 5.41) is 8.86. The molecule has 1 N–H and O–H groups in total. The zero-order valence-corrected chi connectivity index (χ0v) is 14.0. The lowest BCUT2D eigenvalue weighted by molar-refractivity contribution is -0.140. The molecule has 0 heterocycles. The van der Waals surface area contributed by atoms with Gasteiger partial charge in [0.25, 0.3) is 0 Å². The Labute approximate surface area is 143 Å². The number of aryl methyl sites for hydroxylation is 1. The molecule has 128 valence electrons. The number of ether oxygens (including phenoxy) is 2. The minimum Gasteiger partial charge on any atom is -0.493 e. The monoisotopic (exact) mass is 328 g/mol. The van der Waals surface area contributed by atoms with E-state index in [9.17, 15) is 4.79 Å². The molecule has 2 aromatic carbocycles. The van der Waals surface area contributed by atoms with Gasteiger partial charge >= 0.3 is 5.97 Å². The summed E-state index contributed by atoms with van der Waals surface area (Å²) in [5.74, 6) is 0.613. The van der Waals surface area contributed by atoms with Crippen LogP contribution in [-0.2, 0) is 16.0 Å². The van der Waals surface area contributed by atoms with Gasteiger partial charge < -0.3 is 14.6 Å². The average molecular weight is 328 g/mol. The van der Waals surface area contributed by atoms with Gasteiger partial charge in [-0.05, 0) is 42.5 Å². The molecule has 0 atom stereocenters. The highest BCUT2D eigenvalue weighted by molar-refractivity contribution is 5.72. The molecule has 2 rings (SSSR count). The van der Waals surface area contributed by atoms with Crippen molar-refractivity contribution in [3.8, 4) is 16.9 Å². The van der Waals surface area contributed by atoms with Crippen LogP contribution in [0.3, 0.4) is 0 Å². The van der Waals surface area contributed by atoms with Gasteiger partial charge in [-0.3, -0.25) is 4.79 Å². The maximum Gasteiger partial charge on any atom is 0.305 e. The van der Waals surface area contributed by atoms with E-state index < -0.39 is 0 Å². The molecule has 0 fully saturated rings. The number of aliphatic hydroxyl groups is 1. The second kappa shape index (κ2) is 9.73. The molecule has 2 aromatic rings. The van der Waals surface area contributed by atoms with Crippen molar-refractivity contribution in [3.63, 3.8) is 0 Å². The second-order valence-corrected chi connectivity index (χ2v) is 5.55. The number of hydrogen-bond donors (Lipinski definition) is 1. The Morgan fingerprint density at radius 2 is 1.88 bits per heavy atom. The zero-order chi connectivity index (χ0) is 17.2. The summed E-state index contributed by atoms with van der Waals surface area (Å²) >= 11 is 0. The summed E-state index contributed by atoms with van der Waals surface area (Å²) in [4.78, 5) is 11.3. The van der Waals surface area contributed by atoms with Crippen molar-refractivity contribution in [3.05, 3.63) is 54.1 Å². The highest BCUT2D eigenvalue weighted by Crippen LogP contribution is 2.31. The Hall–Kier alpha value is -2.33. The van der Waals surface area contributed by atoms with Crippen LogP contribution in [0.25, 0.3) is 11.1 Å². The topological polar surface area (TPSA) is 55.8 Å². The molecule has 0 radical (unpaired) electrons. The van der Waals surface area contributed by atoms with Crippen LogP contribution >= 0.6 is 0 Å². The van der Waals surface area contributed by atoms with E-state index in [0.29, 0.717) is 19.4 Å². The summed E-state index contributed by atoms with van der Waals surface area (Å²) in [5.41, 5.74) is 3.17. The van der Waals surface area contributed by atoms with E-state index in [1.165, 1.54) is 7.11 Å². The molecular weight excluding hydrogens is 304 g/mol. The Balaban J connectivity index is 2.18. The quantitative estimate of drug-likeness (QED) is 0.564. The molecule has 0 aliphatic rings. The molecule has 4 heteroatoms. The molecule has 0 aromatic heterocycles. The van der Waals surface area contributed by atoms with Crippen LogP contribution in [0.2, 0.25) is 0 Å². The predicted octanol–water partition coefficient (Wildman–Crippen LogP) is 3.61.